The van der Waals surface area contributed by atoms with E-state index in [1.54, 1.807) is 4.90 Å². The van der Waals surface area contributed by atoms with E-state index in [1.165, 1.54) is 5.56 Å². The van der Waals surface area contributed by atoms with Crippen molar-refractivity contribution in [1.29, 1.82) is 0 Å². The molecule has 22 heavy (non-hydrogen) atoms. The summed E-state index contributed by atoms with van der Waals surface area (Å²) in [6, 6.07) is 16.1. The highest BCUT2D eigenvalue weighted by molar-refractivity contribution is 6.06. The molecule has 0 radical (unpaired) electrons. The molecule has 1 heterocycles. The average Bonchev–Trinajstić information content (AvgIpc) is 2.88. The van der Waals surface area contributed by atoms with Crippen molar-refractivity contribution in [2.75, 3.05) is 7.05 Å². The van der Waals surface area contributed by atoms with Crippen LogP contribution in [0, 0.1) is 6.92 Å². The number of carbonyl (C=O) groups excluding carboxylic acids is 1. The van der Waals surface area contributed by atoms with Crippen LogP contribution in [0.3, 0.4) is 0 Å². The third kappa shape index (κ3) is 2.62. The molecule has 0 saturated heterocycles. The van der Waals surface area contributed by atoms with Gasteiger partial charge in [-0.25, -0.2) is 0 Å². The molecule has 0 bridgehead atoms. The molecule has 0 aliphatic heterocycles. The number of hydrogen-bond acceptors (Lipinski definition) is 1. The molecular formula is C19H20N2O. The number of fused-ring (bicyclic) bond motifs is 1. The van der Waals surface area contributed by atoms with Gasteiger partial charge < -0.3 is 9.47 Å². The van der Waals surface area contributed by atoms with Crippen LogP contribution in [0.15, 0.2) is 54.7 Å². The summed E-state index contributed by atoms with van der Waals surface area (Å²) >= 11 is 0. The molecule has 2 aromatic carbocycles. The Morgan fingerprint density at radius 2 is 1.91 bits per heavy atom. The van der Waals surface area contributed by atoms with Gasteiger partial charge in [0.05, 0.1) is 0 Å². The molecule has 0 N–H and O–H groups in total. The molecule has 0 aliphatic rings. The Kier molecular flexibility index (Phi) is 3.72. The topological polar surface area (TPSA) is 25.2 Å². The number of hydrogen-bond donors (Lipinski definition) is 0. The number of aryl methyl sites for hydroxylation is 2. The van der Waals surface area contributed by atoms with E-state index in [2.05, 4.69) is 25.1 Å². The molecule has 0 spiro atoms. The molecule has 0 aliphatic carbocycles. The third-order valence-corrected chi connectivity index (χ3v) is 4.01. The maximum Gasteiger partial charge on any atom is 0.254 e. The van der Waals surface area contributed by atoms with Crippen LogP contribution in [0.2, 0.25) is 0 Å². The number of amides is 1. The Hall–Kier alpha value is -2.55. The average molecular weight is 292 g/mol. The van der Waals surface area contributed by atoms with E-state index in [0.29, 0.717) is 6.54 Å². The fraction of sp³-hybridized carbons (Fsp3) is 0.211. The van der Waals surface area contributed by atoms with Crippen molar-refractivity contribution < 1.29 is 4.79 Å². The van der Waals surface area contributed by atoms with Gasteiger partial charge in [-0.2, -0.15) is 0 Å². The minimum absolute atomic E-state index is 0.0540. The van der Waals surface area contributed by atoms with Gasteiger partial charge in [-0.15, -0.1) is 0 Å². The first-order valence-corrected chi connectivity index (χ1v) is 7.41. The first-order valence-electron chi connectivity index (χ1n) is 7.41. The largest absolute Gasteiger partial charge is 0.351 e. The van der Waals surface area contributed by atoms with E-state index < -0.39 is 0 Å². The van der Waals surface area contributed by atoms with Crippen LogP contribution in [-0.4, -0.2) is 22.4 Å². The summed E-state index contributed by atoms with van der Waals surface area (Å²) in [7, 11) is 3.85. The van der Waals surface area contributed by atoms with Crippen LogP contribution in [0.4, 0.5) is 0 Å². The van der Waals surface area contributed by atoms with Gasteiger partial charge in [0.15, 0.2) is 0 Å². The van der Waals surface area contributed by atoms with Crippen molar-refractivity contribution in [1.82, 2.24) is 9.47 Å². The van der Waals surface area contributed by atoms with Crippen molar-refractivity contribution >= 4 is 16.8 Å². The van der Waals surface area contributed by atoms with Gasteiger partial charge in [-0.05, 0) is 30.7 Å². The Morgan fingerprint density at radius 1 is 1.14 bits per heavy atom. The van der Waals surface area contributed by atoms with E-state index in [1.807, 2.05) is 55.2 Å². The molecule has 0 saturated carbocycles. The van der Waals surface area contributed by atoms with E-state index in [9.17, 15) is 4.79 Å². The van der Waals surface area contributed by atoms with E-state index >= 15 is 0 Å². The summed E-state index contributed by atoms with van der Waals surface area (Å²) in [6.07, 6.45) is 1.99. The molecule has 0 unspecified atom stereocenters. The van der Waals surface area contributed by atoms with Crippen molar-refractivity contribution in [3.63, 3.8) is 0 Å². The van der Waals surface area contributed by atoms with Crippen molar-refractivity contribution in [2.24, 2.45) is 7.05 Å². The van der Waals surface area contributed by atoms with Gasteiger partial charge in [-0.3, -0.25) is 4.79 Å². The van der Waals surface area contributed by atoms with Crippen LogP contribution < -0.4 is 0 Å². The zero-order valence-corrected chi connectivity index (χ0v) is 13.2. The van der Waals surface area contributed by atoms with Gasteiger partial charge >= 0.3 is 0 Å². The molecular weight excluding hydrogens is 272 g/mol. The van der Waals surface area contributed by atoms with Gasteiger partial charge in [0, 0.05) is 43.3 Å². The molecule has 3 aromatic rings. The maximum atomic E-state index is 12.8. The first-order chi connectivity index (χ1) is 10.6. The Labute approximate surface area is 130 Å². The van der Waals surface area contributed by atoms with Gasteiger partial charge in [0.2, 0.25) is 0 Å². The van der Waals surface area contributed by atoms with Crippen LogP contribution >= 0.6 is 0 Å². The van der Waals surface area contributed by atoms with E-state index in [-0.39, 0.29) is 5.91 Å². The highest BCUT2D eigenvalue weighted by Gasteiger charge is 2.15. The molecule has 1 aromatic heterocycles. The monoisotopic (exact) mass is 292 g/mol. The van der Waals surface area contributed by atoms with Crippen molar-refractivity contribution in [3.05, 3.63) is 71.4 Å². The lowest BCUT2D eigenvalue weighted by molar-refractivity contribution is 0.0787. The lowest BCUT2D eigenvalue weighted by Crippen LogP contribution is -2.26. The molecule has 112 valence electrons. The molecule has 3 nitrogen and oxygen atoms in total. The van der Waals surface area contributed by atoms with Crippen LogP contribution in [0.5, 0.6) is 0 Å². The maximum absolute atomic E-state index is 12.8. The second-order valence-corrected chi connectivity index (χ2v) is 5.82. The standard InChI is InChI=1S/C19H20N2O/c1-14-6-4-7-15(12-14)13-21(3)19(22)17-8-5-9-18-16(17)10-11-20(18)2/h4-12H,13H2,1-3H3. The molecule has 3 heteroatoms. The Morgan fingerprint density at radius 3 is 2.68 bits per heavy atom. The quantitative estimate of drug-likeness (QED) is 0.721. The highest BCUT2D eigenvalue weighted by atomic mass is 16.2. The van der Waals surface area contributed by atoms with Crippen LogP contribution in [0.1, 0.15) is 21.5 Å². The molecule has 0 atom stereocenters. The zero-order valence-electron chi connectivity index (χ0n) is 13.2. The number of rotatable bonds is 3. The summed E-state index contributed by atoms with van der Waals surface area (Å²) in [5.74, 6) is 0.0540. The summed E-state index contributed by atoms with van der Waals surface area (Å²) < 4.78 is 2.03. The van der Waals surface area contributed by atoms with Crippen LogP contribution in [-0.2, 0) is 13.6 Å². The Bertz CT molecular complexity index is 832. The summed E-state index contributed by atoms with van der Waals surface area (Å²) in [5, 5.41) is 1.01. The van der Waals surface area contributed by atoms with E-state index in [4.69, 9.17) is 0 Å². The molecule has 1 amide bonds. The smallest absolute Gasteiger partial charge is 0.254 e. The normalized spacial score (nSPS) is 10.9. The first kappa shape index (κ1) is 14.4. The summed E-state index contributed by atoms with van der Waals surface area (Å²) in [6.45, 7) is 2.68. The van der Waals surface area contributed by atoms with Crippen molar-refractivity contribution in [2.45, 2.75) is 13.5 Å². The number of carbonyl (C=O) groups is 1. The lowest BCUT2D eigenvalue weighted by Gasteiger charge is -2.18. The van der Waals surface area contributed by atoms with Gasteiger partial charge in [-0.1, -0.05) is 35.9 Å². The molecule has 0 fully saturated rings. The minimum Gasteiger partial charge on any atom is -0.351 e. The lowest BCUT2D eigenvalue weighted by atomic mass is 10.1. The SMILES string of the molecule is Cc1cccc(CN(C)C(=O)c2cccc3c2ccn3C)c1. The fourth-order valence-corrected chi connectivity index (χ4v) is 2.85. The van der Waals surface area contributed by atoms with Gasteiger partial charge in [0.25, 0.3) is 5.91 Å². The third-order valence-electron chi connectivity index (χ3n) is 4.01. The van der Waals surface area contributed by atoms with Crippen LogP contribution in [0.25, 0.3) is 10.9 Å². The second kappa shape index (κ2) is 5.68. The summed E-state index contributed by atoms with van der Waals surface area (Å²) in [4.78, 5) is 14.5. The number of benzene rings is 2. The fourth-order valence-electron chi connectivity index (χ4n) is 2.85. The van der Waals surface area contributed by atoms with Crippen molar-refractivity contribution in [3.8, 4) is 0 Å². The zero-order chi connectivity index (χ0) is 15.7. The predicted octanol–water partition coefficient (Wildman–Crippen LogP) is 3.76. The minimum atomic E-state index is 0.0540. The summed E-state index contributed by atoms with van der Waals surface area (Å²) in [5.41, 5.74) is 4.20. The number of nitrogens with zero attached hydrogens (tertiary/aromatic N) is 2. The van der Waals surface area contributed by atoms with Gasteiger partial charge in [0.1, 0.15) is 0 Å². The number of aromatic nitrogens is 1. The Balaban J connectivity index is 1.89. The molecule has 3 rings (SSSR count). The van der Waals surface area contributed by atoms with E-state index in [0.717, 1.165) is 22.0 Å². The second-order valence-electron chi connectivity index (χ2n) is 5.82. The predicted molar refractivity (Wildman–Crippen MR) is 89.9 cm³/mol. The highest BCUT2D eigenvalue weighted by Crippen LogP contribution is 2.21.